The Hall–Kier alpha value is -2.86. The van der Waals surface area contributed by atoms with Crippen molar-refractivity contribution in [3.63, 3.8) is 0 Å². The summed E-state index contributed by atoms with van der Waals surface area (Å²) in [6.07, 6.45) is 3.10. The van der Waals surface area contributed by atoms with Crippen molar-refractivity contribution in [3.8, 4) is 10.7 Å². The number of rotatable bonds is 4. The Labute approximate surface area is 161 Å². The van der Waals surface area contributed by atoms with E-state index in [1.165, 1.54) is 11.3 Å². The van der Waals surface area contributed by atoms with Crippen LogP contribution in [0, 0.1) is 5.92 Å². The fourth-order valence-electron chi connectivity index (χ4n) is 3.32. The Bertz CT molecular complexity index is 932. The molecule has 3 heterocycles. The number of Topliss-reactive ketones (excluding diaryl/α,β-unsaturated/α-hetero) is 1. The third-order valence-corrected chi connectivity index (χ3v) is 5.68. The number of hydrogen-bond acceptors (Lipinski definition) is 5. The molecule has 5 nitrogen and oxygen atoms in total. The maximum absolute atomic E-state index is 12.8. The monoisotopic (exact) mass is 377 g/mol. The third-order valence-electron chi connectivity index (χ3n) is 4.82. The van der Waals surface area contributed by atoms with Crippen LogP contribution in [0.15, 0.2) is 60.1 Å². The van der Waals surface area contributed by atoms with Crippen LogP contribution in [0.2, 0.25) is 0 Å². The molecule has 27 heavy (non-hydrogen) atoms. The summed E-state index contributed by atoms with van der Waals surface area (Å²) in [7, 11) is 0. The lowest BCUT2D eigenvalue weighted by atomic mass is 9.89. The second kappa shape index (κ2) is 7.80. The molecule has 0 unspecified atom stereocenters. The van der Waals surface area contributed by atoms with Crippen molar-refractivity contribution in [1.29, 1.82) is 0 Å². The normalized spacial score (nSPS) is 14.9. The molecule has 2 aromatic heterocycles. The maximum atomic E-state index is 12.8. The van der Waals surface area contributed by atoms with Gasteiger partial charge in [0.05, 0.1) is 5.69 Å². The van der Waals surface area contributed by atoms with E-state index in [1.807, 2.05) is 48.5 Å². The van der Waals surface area contributed by atoms with E-state index in [4.69, 9.17) is 0 Å². The van der Waals surface area contributed by atoms with E-state index in [0.717, 1.165) is 16.3 Å². The van der Waals surface area contributed by atoms with Crippen LogP contribution in [0.5, 0.6) is 0 Å². The van der Waals surface area contributed by atoms with Crippen molar-refractivity contribution < 1.29 is 9.59 Å². The van der Waals surface area contributed by atoms with Crippen LogP contribution in [-0.4, -0.2) is 39.6 Å². The number of ketones is 1. The van der Waals surface area contributed by atoms with Gasteiger partial charge in [-0.05, 0) is 25.0 Å². The molecule has 1 saturated heterocycles. The number of nitrogens with zero attached hydrogens (tertiary/aromatic N) is 3. The van der Waals surface area contributed by atoms with E-state index in [2.05, 4.69) is 9.97 Å². The van der Waals surface area contributed by atoms with Gasteiger partial charge in [0.25, 0.3) is 5.91 Å². The molecule has 0 atom stereocenters. The van der Waals surface area contributed by atoms with Crippen LogP contribution in [-0.2, 0) is 0 Å². The first-order chi connectivity index (χ1) is 13.2. The molecule has 3 aromatic rings. The largest absolute Gasteiger partial charge is 0.337 e. The Kier molecular flexibility index (Phi) is 5.07. The highest BCUT2D eigenvalue weighted by molar-refractivity contribution is 7.13. The van der Waals surface area contributed by atoms with Crippen molar-refractivity contribution >= 4 is 23.0 Å². The molecule has 0 bridgehead atoms. The molecule has 1 amide bonds. The second-order valence-corrected chi connectivity index (χ2v) is 7.41. The summed E-state index contributed by atoms with van der Waals surface area (Å²) in [5.74, 6) is 0.0869. The Morgan fingerprint density at radius 2 is 1.74 bits per heavy atom. The van der Waals surface area contributed by atoms with Crippen LogP contribution in [0.4, 0.5) is 0 Å². The van der Waals surface area contributed by atoms with Crippen LogP contribution in [0.3, 0.4) is 0 Å². The van der Waals surface area contributed by atoms with E-state index in [0.29, 0.717) is 31.6 Å². The fourth-order valence-corrected chi connectivity index (χ4v) is 4.09. The van der Waals surface area contributed by atoms with Crippen molar-refractivity contribution in [2.75, 3.05) is 13.1 Å². The molecule has 6 heteroatoms. The molecule has 1 aliphatic heterocycles. The lowest BCUT2D eigenvalue weighted by Gasteiger charge is -2.30. The van der Waals surface area contributed by atoms with E-state index >= 15 is 0 Å². The van der Waals surface area contributed by atoms with Gasteiger partial charge in [-0.1, -0.05) is 36.4 Å². The molecule has 1 aliphatic rings. The minimum absolute atomic E-state index is 0.0176. The molecule has 0 saturated carbocycles. The van der Waals surface area contributed by atoms with Gasteiger partial charge in [0.2, 0.25) is 0 Å². The van der Waals surface area contributed by atoms with Crippen molar-refractivity contribution in [3.05, 3.63) is 71.4 Å². The number of hydrogen-bond donors (Lipinski definition) is 0. The molecule has 0 radical (unpaired) electrons. The lowest BCUT2D eigenvalue weighted by molar-refractivity contribution is 0.0646. The molecule has 0 N–H and O–H groups in total. The van der Waals surface area contributed by atoms with Crippen LogP contribution in [0.25, 0.3) is 10.7 Å². The topological polar surface area (TPSA) is 63.2 Å². The molecule has 1 fully saturated rings. The number of thiazole rings is 1. The molecular weight excluding hydrogens is 358 g/mol. The Morgan fingerprint density at radius 1 is 1.00 bits per heavy atom. The predicted molar refractivity (Wildman–Crippen MR) is 105 cm³/mol. The van der Waals surface area contributed by atoms with E-state index in [1.54, 1.807) is 16.5 Å². The summed E-state index contributed by atoms with van der Waals surface area (Å²) in [6, 6.07) is 15.0. The zero-order valence-corrected chi connectivity index (χ0v) is 15.6. The Balaban J connectivity index is 1.39. The predicted octanol–water partition coefficient (Wildman–Crippen LogP) is 3.94. The highest BCUT2D eigenvalue weighted by Gasteiger charge is 2.29. The molecule has 1 aromatic carbocycles. The quantitative estimate of drug-likeness (QED) is 0.646. The first-order valence-electron chi connectivity index (χ1n) is 8.98. The van der Waals surface area contributed by atoms with Crippen LogP contribution >= 0.6 is 11.3 Å². The smallest absolute Gasteiger partial charge is 0.273 e. The third kappa shape index (κ3) is 3.80. The zero-order chi connectivity index (χ0) is 18.6. The molecule has 136 valence electrons. The first-order valence-corrected chi connectivity index (χ1v) is 9.86. The van der Waals surface area contributed by atoms with Gasteiger partial charge in [0.15, 0.2) is 5.78 Å². The molecular formula is C21H19N3O2S. The van der Waals surface area contributed by atoms with Crippen molar-refractivity contribution in [2.45, 2.75) is 12.8 Å². The van der Waals surface area contributed by atoms with Crippen molar-refractivity contribution in [2.24, 2.45) is 5.92 Å². The number of piperidine rings is 1. The van der Waals surface area contributed by atoms with Crippen LogP contribution in [0.1, 0.15) is 33.7 Å². The minimum atomic E-state index is -0.0703. The minimum Gasteiger partial charge on any atom is -0.337 e. The van der Waals surface area contributed by atoms with Gasteiger partial charge in [0, 0.05) is 36.1 Å². The second-order valence-electron chi connectivity index (χ2n) is 6.55. The van der Waals surface area contributed by atoms with Gasteiger partial charge in [-0.2, -0.15) is 0 Å². The summed E-state index contributed by atoms with van der Waals surface area (Å²) in [4.78, 5) is 35.9. The molecule has 0 aliphatic carbocycles. The van der Waals surface area contributed by atoms with Gasteiger partial charge in [-0.25, -0.2) is 4.98 Å². The number of pyridine rings is 1. The maximum Gasteiger partial charge on any atom is 0.273 e. The fraction of sp³-hybridized carbons (Fsp3) is 0.238. The number of amides is 1. The van der Waals surface area contributed by atoms with Crippen molar-refractivity contribution in [1.82, 2.24) is 14.9 Å². The van der Waals surface area contributed by atoms with Gasteiger partial charge in [-0.15, -0.1) is 11.3 Å². The van der Waals surface area contributed by atoms with Crippen LogP contribution < -0.4 is 0 Å². The SMILES string of the molecule is O=C(c1ccccc1)C1CCN(C(=O)c2csc(-c3ccccn3)n2)CC1. The standard InChI is InChI=1S/C21H19N3O2S/c25-19(15-6-2-1-3-7-15)16-9-12-24(13-10-16)21(26)18-14-27-20(23-18)17-8-4-5-11-22-17/h1-8,11,14,16H,9-10,12-13H2. The highest BCUT2D eigenvalue weighted by Crippen LogP contribution is 2.25. The average molecular weight is 377 g/mol. The summed E-state index contributed by atoms with van der Waals surface area (Å²) < 4.78 is 0. The van der Waals surface area contributed by atoms with Gasteiger partial charge >= 0.3 is 0 Å². The van der Waals surface area contributed by atoms with Gasteiger partial charge in [0.1, 0.15) is 10.7 Å². The van der Waals surface area contributed by atoms with E-state index < -0.39 is 0 Å². The Morgan fingerprint density at radius 3 is 2.44 bits per heavy atom. The molecule has 4 rings (SSSR count). The highest BCUT2D eigenvalue weighted by atomic mass is 32.1. The number of likely N-dealkylation sites (tertiary alicyclic amines) is 1. The first kappa shape index (κ1) is 17.5. The number of benzene rings is 1. The molecule has 0 spiro atoms. The zero-order valence-electron chi connectivity index (χ0n) is 14.7. The van der Waals surface area contributed by atoms with E-state index in [9.17, 15) is 9.59 Å². The summed E-state index contributed by atoms with van der Waals surface area (Å²) in [5, 5.41) is 2.53. The number of carbonyl (C=O) groups excluding carboxylic acids is 2. The number of carbonyl (C=O) groups is 2. The summed E-state index contributed by atoms with van der Waals surface area (Å²) in [5.41, 5.74) is 1.98. The number of aromatic nitrogens is 2. The van der Waals surface area contributed by atoms with E-state index in [-0.39, 0.29) is 17.6 Å². The average Bonchev–Trinajstić information content (AvgIpc) is 3.24. The summed E-state index contributed by atoms with van der Waals surface area (Å²) in [6.45, 7) is 1.16. The summed E-state index contributed by atoms with van der Waals surface area (Å²) >= 11 is 1.42. The lowest BCUT2D eigenvalue weighted by Crippen LogP contribution is -2.40. The van der Waals surface area contributed by atoms with Gasteiger partial charge < -0.3 is 4.90 Å². The van der Waals surface area contributed by atoms with Gasteiger partial charge in [-0.3, -0.25) is 14.6 Å².